The van der Waals surface area contributed by atoms with Crippen LogP contribution in [0.4, 0.5) is 0 Å². The molecule has 2 aliphatic carbocycles. The summed E-state index contributed by atoms with van der Waals surface area (Å²) >= 11 is 0. The van der Waals surface area contributed by atoms with Crippen LogP contribution in [0.1, 0.15) is 90.9 Å². The summed E-state index contributed by atoms with van der Waals surface area (Å²) in [4.78, 5) is 0. The lowest BCUT2D eigenvalue weighted by Crippen LogP contribution is -2.26. The predicted octanol–water partition coefficient (Wildman–Crippen LogP) is 6.20. The van der Waals surface area contributed by atoms with Gasteiger partial charge in [0.2, 0.25) is 0 Å². The van der Waals surface area contributed by atoms with Gasteiger partial charge < -0.3 is 0 Å². The van der Waals surface area contributed by atoms with Gasteiger partial charge in [0.1, 0.15) is 0 Å². The highest BCUT2D eigenvalue weighted by Gasteiger charge is 2.30. The Bertz CT molecular complexity index is 212. The van der Waals surface area contributed by atoms with Gasteiger partial charge in [0.25, 0.3) is 0 Å². The van der Waals surface area contributed by atoms with Gasteiger partial charge in [0, 0.05) is 0 Å². The normalized spacial score (nSPS) is 39.7. The van der Waals surface area contributed by atoms with Crippen LogP contribution in [-0.4, -0.2) is 0 Å². The van der Waals surface area contributed by atoms with Crippen molar-refractivity contribution in [3.63, 3.8) is 0 Å². The van der Waals surface area contributed by atoms with E-state index in [1.165, 1.54) is 57.8 Å². The number of hydrogen-bond acceptors (Lipinski definition) is 0. The lowest BCUT2D eigenvalue weighted by atomic mass is 9.69. The molecule has 0 N–H and O–H groups in total. The minimum atomic E-state index is 1.01. The van der Waals surface area contributed by atoms with Gasteiger partial charge in [-0.3, -0.25) is 0 Å². The third kappa shape index (κ3) is 4.00. The van der Waals surface area contributed by atoms with E-state index in [1.54, 1.807) is 19.3 Å². The van der Waals surface area contributed by atoms with Gasteiger partial charge >= 0.3 is 0 Å². The van der Waals surface area contributed by atoms with Crippen molar-refractivity contribution in [3.8, 4) is 0 Å². The molecule has 2 rings (SSSR count). The Kier molecular flexibility index (Phi) is 6.05. The zero-order chi connectivity index (χ0) is 12.8. The van der Waals surface area contributed by atoms with Crippen molar-refractivity contribution >= 4 is 0 Å². The molecule has 0 aromatic rings. The van der Waals surface area contributed by atoms with Crippen LogP contribution >= 0.6 is 0 Å². The fourth-order valence-electron chi connectivity index (χ4n) is 4.60. The Morgan fingerprint density at radius 1 is 0.722 bits per heavy atom. The van der Waals surface area contributed by atoms with E-state index in [0.717, 1.165) is 23.7 Å². The molecule has 0 aliphatic heterocycles. The molecule has 0 saturated heterocycles. The third-order valence-corrected chi connectivity index (χ3v) is 6.00. The molecule has 0 spiro atoms. The average molecular weight is 250 g/mol. The molecule has 0 radical (unpaired) electrons. The highest BCUT2D eigenvalue weighted by atomic mass is 14.4. The van der Waals surface area contributed by atoms with Crippen LogP contribution < -0.4 is 0 Å². The fourth-order valence-corrected chi connectivity index (χ4v) is 4.60. The molecule has 0 nitrogen and oxygen atoms in total. The quantitative estimate of drug-likeness (QED) is 0.547. The maximum Gasteiger partial charge on any atom is -0.0360 e. The van der Waals surface area contributed by atoms with Crippen LogP contribution in [-0.2, 0) is 0 Å². The van der Waals surface area contributed by atoms with E-state index in [4.69, 9.17) is 0 Å². The summed E-state index contributed by atoms with van der Waals surface area (Å²) < 4.78 is 0. The zero-order valence-electron chi connectivity index (χ0n) is 12.8. The van der Waals surface area contributed by atoms with Crippen molar-refractivity contribution in [2.45, 2.75) is 90.9 Å². The molecule has 2 fully saturated rings. The van der Waals surface area contributed by atoms with Crippen molar-refractivity contribution in [1.29, 1.82) is 0 Å². The standard InChI is InChI=1S/C18H34/c1-3-16-11-13-17(14-12-16)18-10-8-6-4-5-7-9-15(18)2/h15-18H,3-14H2,1-2H3. The van der Waals surface area contributed by atoms with Gasteiger partial charge in [0.15, 0.2) is 0 Å². The number of hydrogen-bond donors (Lipinski definition) is 0. The summed E-state index contributed by atoms with van der Waals surface area (Å²) in [6, 6.07) is 0. The Labute approximate surface area is 115 Å². The van der Waals surface area contributed by atoms with E-state index < -0.39 is 0 Å². The smallest absolute Gasteiger partial charge is 0.0360 e. The second-order valence-electron chi connectivity index (χ2n) is 7.18. The molecular formula is C18H34. The molecular weight excluding hydrogens is 216 g/mol. The molecule has 18 heavy (non-hydrogen) atoms. The monoisotopic (exact) mass is 250 g/mol. The lowest BCUT2D eigenvalue weighted by Gasteiger charge is -2.37. The Morgan fingerprint density at radius 2 is 1.33 bits per heavy atom. The molecule has 2 aliphatic rings. The van der Waals surface area contributed by atoms with Crippen molar-refractivity contribution in [3.05, 3.63) is 0 Å². The molecule has 0 bridgehead atoms. The first-order valence-electron chi connectivity index (χ1n) is 8.81. The van der Waals surface area contributed by atoms with E-state index in [9.17, 15) is 0 Å². The van der Waals surface area contributed by atoms with Gasteiger partial charge in [-0.15, -0.1) is 0 Å². The minimum absolute atomic E-state index is 1.01. The van der Waals surface area contributed by atoms with E-state index in [1.807, 2.05) is 0 Å². The third-order valence-electron chi connectivity index (χ3n) is 6.00. The molecule has 0 heterocycles. The minimum Gasteiger partial charge on any atom is -0.0651 e. The van der Waals surface area contributed by atoms with Gasteiger partial charge in [-0.2, -0.15) is 0 Å². The van der Waals surface area contributed by atoms with Crippen LogP contribution in [0.3, 0.4) is 0 Å². The van der Waals surface area contributed by atoms with Crippen LogP contribution in [0.2, 0.25) is 0 Å². The first kappa shape index (κ1) is 14.4. The first-order chi connectivity index (χ1) is 8.81. The summed E-state index contributed by atoms with van der Waals surface area (Å²) in [7, 11) is 0. The Balaban J connectivity index is 1.87. The van der Waals surface area contributed by atoms with Gasteiger partial charge in [0.05, 0.1) is 0 Å². The van der Waals surface area contributed by atoms with Crippen LogP contribution in [0.15, 0.2) is 0 Å². The van der Waals surface area contributed by atoms with Crippen molar-refractivity contribution < 1.29 is 0 Å². The summed E-state index contributed by atoms with van der Waals surface area (Å²) in [5.74, 6) is 4.22. The van der Waals surface area contributed by atoms with E-state index in [2.05, 4.69) is 13.8 Å². The summed E-state index contributed by atoms with van der Waals surface area (Å²) in [6.07, 6.45) is 18.2. The summed E-state index contributed by atoms with van der Waals surface area (Å²) in [6.45, 7) is 4.94. The van der Waals surface area contributed by atoms with Crippen LogP contribution in [0, 0.1) is 23.7 Å². The molecule has 2 saturated carbocycles. The molecule has 0 aromatic carbocycles. The van der Waals surface area contributed by atoms with Gasteiger partial charge in [-0.1, -0.05) is 71.6 Å². The molecule has 2 atom stereocenters. The highest BCUT2D eigenvalue weighted by molar-refractivity contribution is 4.81. The van der Waals surface area contributed by atoms with Crippen molar-refractivity contribution in [1.82, 2.24) is 0 Å². The predicted molar refractivity (Wildman–Crippen MR) is 80.7 cm³/mol. The highest BCUT2D eigenvalue weighted by Crippen LogP contribution is 2.41. The molecule has 2 unspecified atom stereocenters. The maximum absolute atomic E-state index is 2.56. The number of rotatable bonds is 2. The van der Waals surface area contributed by atoms with E-state index in [-0.39, 0.29) is 0 Å². The van der Waals surface area contributed by atoms with Gasteiger partial charge in [-0.25, -0.2) is 0 Å². The summed E-state index contributed by atoms with van der Waals surface area (Å²) in [5.41, 5.74) is 0. The van der Waals surface area contributed by atoms with E-state index >= 15 is 0 Å². The molecule has 106 valence electrons. The Morgan fingerprint density at radius 3 is 2.00 bits per heavy atom. The first-order valence-corrected chi connectivity index (χ1v) is 8.81. The fraction of sp³-hybridized carbons (Fsp3) is 1.00. The Hall–Kier alpha value is 0. The second kappa shape index (κ2) is 7.56. The van der Waals surface area contributed by atoms with Crippen molar-refractivity contribution in [2.75, 3.05) is 0 Å². The largest absolute Gasteiger partial charge is 0.0651 e. The lowest BCUT2D eigenvalue weighted by molar-refractivity contribution is 0.142. The average Bonchev–Trinajstić information content (AvgIpc) is 2.51. The van der Waals surface area contributed by atoms with Crippen molar-refractivity contribution in [2.24, 2.45) is 23.7 Å². The maximum atomic E-state index is 2.56. The second-order valence-corrected chi connectivity index (χ2v) is 7.18. The summed E-state index contributed by atoms with van der Waals surface area (Å²) in [5, 5.41) is 0. The topological polar surface area (TPSA) is 0 Å². The van der Waals surface area contributed by atoms with Crippen LogP contribution in [0.5, 0.6) is 0 Å². The SMILES string of the molecule is CCC1CCC(C2CCCCCCCC2C)CC1. The molecule has 0 amide bonds. The molecule has 0 heteroatoms. The van der Waals surface area contributed by atoms with Crippen LogP contribution in [0.25, 0.3) is 0 Å². The zero-order valence-corrected chi connectivity index (χ0v) is 12.8. The van der Waals surface area contributed by atoms with E-state index in [0.29, 0.717) is 0 Å². The van der Waals surface area contributed by atoms with Gasteiger partial charge in [-0.05, 0) is 42.9 Å². The molecule has 0 aromatic heterocycles.